The van der Waals surface area contributed by atoms with E-state index in [4.69, 9.17) is 0 Å². The van der Waals surface area contributed by atoms with Crippen LogP contribution in [0.1, 0.15) is 17.0 Å². The second kappa shape index (κ2) is 6.32. The summed E-state index contributed by atoms with van der Waals surface area (Å²) in [6, 6.07) is 18.6. The van der Waals surface area contributed by atoms with E-state index in [2.05, 4.69) is 63.6 Å². The van der Waals surface area contributed by atoms with Gasteiger partial charge in [-0.25, -0.2) is 9.67 Å². The van der Waals surface area contributed by atoms with E-state index < -0.39 is 0 Å². The summed E-state index contributed by atoms with van der Waals surface area (Å²) in [6.45, 7) is 2.07. The molecule has 0 aliphatic carbocycles. The van der Waals surface area contributed by atoms with Crippen LogP contribution in [-0.4, -0.2) is 29.4 Å². The number of hydrogen-bond acceptors (Lipinski definition) is 4. The average molecular weight is 354 g/mol. The summed E-state index contributed by atoms with van der Waals surface area (Å²) in [6.07, 6.45) is 5.34. The minimum absolute atomic E-state index is 0.787. The molecule has 3 heterocycles. The first-order chi connectivity index (χ1) is 13.3. The predicted octanol–water partition coefficient (Wildman–Crippen LogP) is 3.56. The zero-order chi connectivity index (χ0) is 18.2. The van der Waals surface area contributed by atoms with E-state index in [1.165, 1.54) is 11.1 Å². The summed E-state index contributed by atoms with van der Waals surface area (Å²) in [5, 5.41) is 14.2. The van der Waals surface area contributed by atoms with Gasteiger partial charge in [0.2, 0.25) is 0 Å². The van der Waals surface area contributed by atoms with Crippen LogP contribution in [0.3, 0.4) is 0 Å². The predicted molar refractivity (Wildman–Crippen MR) is 104 cm³/mol. The highest BCUT2D eigenvalue weighted by Crippen LogP contribution is 2.21. The van der Waals surface area contributed by atoms with Crippen molar-refractivity contribution >= 4 is 16.7 Å². The monoisotopic (exact) mass is 354 g/mol. The second-order valence-corrected chi connectivity index (χ2v) is 6.67. The van der Waals surface area contributed by atoms with Crippen molar-refractivity contribution in [1.29, 1.82) is 0 Å². The maximum absolute atomic E-state index is 4.65. The van der Waals surface area contributed by atoms with Crippen LogP contribution < -0.4 is 0 Å². The van der Waals surface area contributed by atoms with Crippen molar-refractivity contribution in [2.24, 2.45) is 0 Å². The number of rotatable bonds is 4. The molecule has 6 nitrogen and oxygen atoms in total. The molecule has 132 valence electrons. The Kier molecular flexibility index (Phi) is 3.67. The van der Waals surface area contributed by atoms with Gasteiger partial charge in [-0.05, 0) is 36.6 Å². The Hall–Kier alpha value is -3.54. The van der Waals surface area contributed by atoms with Crippen LogP contribution in [0.4, 0.5) is 0 Å². The molecule has 6 heteroatoms. The maximum Gasteiger partial charge on any atom is 0.174 e. The highest BCUT2D eigenvalue weighted by Gasteiger charge is 2.14. The van der Waals surface area contributed by atoms with E-state index in [-0.39, 0.29) is 0 Å². The highest BCUT2D eigenvalue weighted by molar-refractivity contribution is 5.89. The van der Waals surface area contributed by atoms with Crippen molar-refractivity contribution in [3.8, 4) is 5.69 Å². The van der Waals surface area contributed by atoms with E-state index >= 15 is 0 Å². The van der Waals surface area contributed by atoms with Crippen LogP contribution in [0, 0.1) is 6.92 Å². The number of benzene rings is 2. The molecule has 0 unspecified atom stereocenters. The Bertz CT molecular complexity index is 1240. The Morgan fingerprint density at radius 2 is 1.78 bits per heavy atom. The quantitative estimate of drug-likeness (QED) is 0.495. The van der Waals surface area contributed by atoms with Gasteiger partial charge in [0.15, 0.2) is 11.3 Å². The van der Waals surface area contributed by atoms with Gasteiger partial charge in [-0.1, -0.05) is 42.5 Å². The molecule has 3 aromatic heterocycles. The summed E-state index contributed by atoms with van der Waals surface area (Å²) in [5.74, 6) is 0.909. The van der Waals surface area contributed by atoms with E-state index in [9.17, 15) is 0 Å². The lowest BCUT2D eigenvalue weighted by Gasteiger charge is -2.04. The second-order valence-electron chi connectivity index (χ2n) is 6.67. The third kappa shape index (κ3) is 2.75. The van der Waals surface area contributed by atoms with Gasteiger partial charge >= 0.3 is 0 Å². The van der Waals surface area contributed by atoms with Gasteiger partial charge in [0.25, 0.3) is 0 Å². The summed E-state index contributed by atoms with van der Waals surface area (Å²) in [5.41, 5.74) is 5.04. The fraction of sp³-hybridized carbons (Fsp3) is 0.143. The molecule has 2 aromatic carbocycles. The van der Waals surface area contributed by atoms with Crippen molar-refractivity contribution in [2.75, 3.05) is 0 Å². The molecule has 0 N–H and O–H groups in total. The Labute approximate surface area is 156 Å². The Morgan fingerprint density at radius 1 is 0.889 bits per heavy atom. The first-order valence-corrected chi connectivity index (χ1v) is 8.97. The van der Waals surface area contributed by atoms with Gasteiger partial charge in [-0.15, -0.1) is 10.2 Å². The van der Waals surface area contributed by atoms with Crippen molar-refractivity contribution in [2.45, 2.75) is 19.8 Å². The lowest BCUT2D eigenvalue weighted by Crippen LogP contribution is -2.01. The maximum atomic E-state index is 4.65. The van der Waals surface area contributed by atoms with Crippen LogP contribution in [0.2, 0.25) is 0 Å². The van der Waals surface area contributed by atoms with Crippen LogP contribution >= 0.6 is 0 Å². The molecule has 0 amide bonds. The molecule has 27 heavy (non-hydrogen) atoms. The Morgan fingerprint density at radius 3 is 2.63 bits per heavy atom. The number of fused-ring (bicyclic) bond motifs is 3. The molecule has 5 rings (SSSR count). The van der Waals surface area contributed by atoms with Crippen LogP contribution in [0.15, 0.2) is 67.1 Å². The summed E-state index contributed by atoms with van der Waals surface area (Å²) in [4.78, 5) is 4.65. The van der Waals surface area contributed by atoms with Gasteiger partial charge < -0.3 is 0 Å². The van der Waals surface area contributed by atoms with Gasteiger partial charge in [0.05, 0.1) is 17.3 Å². The van der Waals surface area contributed by atoms with Crippen LogP contribution in [-0.2, 0) is 12.8 Å². The SMILES string of the molecule is Cc1cccc(-n2ncc3c2ncn2c(CCc4ccccc4)nnc32)c1. The molecule has 0 saturated carbocycles. The summed E-state index contributed by atoms with van der Waals surface area (Å²) < 4.78 is 3.81. The average Bonchev–Trinajstić information content (AvgIpc) is 3.31. The molecule has 0 bridgehead atoms. The number of nitrogens with zero attached hydrogens (tertiary/aromatic N) is 6. The first kappa shape index (κ1) is 15.7. The van der Waals surface area contributed by atoms with Gasteiger partial charge in [-0.3, -0.25) is 4.40 Å². The molecular formula is C21H18N6. The molecule has 0 radical (unpaired) electrons. The van der Waals surface area contributed by atoms with Gasteiger partial charge in [-0.2, -0.15) is 5.10 Å². The van der Waals surface area contributed by atoms with Crippen molar-refractivity contribution in [1.82, 2.24) is 29.4 Å². The smallest absolute Gasteiger partial charge is 0.174 e. The third-order valence-corrected chi connectivity index (χ3v) is 4.77. The van der Waals surface area contributed by atoms with E-state index in [0.29, 0.717) is 0 Å². The fourth-order valence-corrected chi connectivity index (χ4v) is 3.38. The third-order valence-electron chi connectivity index (χ3n) is 4.77. The molecule has 0 atom stereocenters. The zero-order valence-electron chi connectivity index (χ0n) is 14.9. The first-order valence-electron chi connectivity index (χ1n) is 8.97. The highest BCUT2D eigenvalue weighted by atomic mass is 15.3. The van der Waals surface area contributed by atoms with Gasteiger partial charge in [0, 0.05) is 6.42 Å². The topological polar surface area (TPSA) is 60.9 Å². The zero-order valence-corrected chi connectivity index (χ0v) is 14.9. The standard InChI is InChI=1S/C21H18N6/c1-15-6-5-9-17(12-15)27-20-18(13-23-27)21-25-24-19(26(21)14-22-20)11-10-16-7-3-2-4-8-16/h2-9,12-14H,10-11H2,1H3. The Balaban J connectivity index is 1.54. The molecule has 0 aliphatic heterocycles. The number of hydrogen-bond donors (Lipinski definition) is 0. The number of aromatic nitrogens is 6. The molecule has 0 aliphatic rings. The van der Waals surface area contributed by atoms with Crippen molar-refractivity contribution in [3.05, 3.63) is 84.1 Å². The molecular weight excluding hydrogens is 336 g/mol. The minimum atomic E-state index is 0.787. The molecule has 0 spiro atoms. The lowest BCUT2D eigenvalue weighted by molar-refractivity contribution is 0.831. The van der Waals surface area contributed by atoms with Crippen molar-refractivity contribution < 1.29 is 0 Å². The summed E-state index contributed by atoms with van der Waals surface area (Å²) in [7, 11) is 0. The van der Waals surface area contributed by atoms with E-state index in [1.54, 1.807) is 6.33 Å². The van der Waals surface area contributed by atoms with Crippen LogP contribution in [0.25, 0.3) is 22.4 Å². The van der Waals surface area contributed by atoms with Gasteiger partial charge in [0.1, 0.15) is 12.2 Å². The minimum Gasteiger partial charge on any atom is -0.269 e. The largest absolute Gasteiger partial charge is 0.269 e. The lowest BCUT2D eigenvalue weighted by atomic mass is 10.1. The molecule has 0 saturated heterocycles. The molecule has 5 aromatic rings. The number of aryl methyl sites for hydroxylation is 3. The van der Waals surface area contributed by atoms with E-state index in [1.807, 2.05) is 33.5 Å². The summed E-state index contributed by atoms with van der Waals surface area (Å²) >= 11 is 0. The van der Waals surface area contributed by atoms with Crippen molar-refractivity contribution in [3.63, 3.8) is 0 Å². The molecule has 0 fully saturated rings. The fourth-order valence-electron chi connectivity index (χ4n) is 3.38. The normalized spacial score (nSPS) is 11.4. The van der Waals surface area contributed by atoms with E-state index in [0.717, 1.165) is 41.0 Å². The van der Waals surface area contributed by atoms with Crippen LogP contribution in [0.5, 0.6) is 0 Å².